The van der Waals surface area contributed by atoms with Gasteiger partial charge in [0.2, 0.25) is 0 Å². The van der Waals surface area contributed by atoms with E-state index in [-0.39, 0.29) is 5.84 Å². The number of nitrogens with two attached hydrogens (primary N) is 1. The molecule has 1 aliphatic rings. The standard InChI is InChI=1S/C13H21N5/c1-9(2)11-7-13(17-8-16-11)18(10-3-4-10)6-5-12(14)15/h7-10H,3-6H2,1-2H3,(H3,14,15). The van der Waals surface area contributed by atoms with Gasteiger partial charge in [-0.25, -0.2) is 9.97 Å². The lowest BCUT2D eigenvalue weighted by Crippen LogP contribution is -2.30. The Balaban J connectivity index is 2.14. The van der Waals surface area contributed by atoms with Gasteiger partial charge in [0, 0.05) is 30.8 Å². The van der Waals surface area contributed by atoms with Crippen LogP contribution in [0.4, 0.5) is 5.82 Å². The summed E-state index contributed by atoms with van der Waals surface area (Å²) in [7, 11) is 0. The highest BCUT2D eigenvalue weighted by Crippen LogP contribution is 2.31. The van der Waals surface area contributed by atoms with Crippen LogP contribution in [0.15, 0.2) is 12.4 Å². The van der Waals surface area contributed by atoms with Gasteiger partial charge in [0.15, 0.2) is 0 Å². The molecule has 0 atom stereocenters. The number of nitrogens with one attached hydrogen (secondary N) is 1. The quantitative estimate of drug-likeness (QED) is 0.594. The first-order valence-corrected chi connectivity index (χ1v) is 6.49. The average Bonchev–Trinajstić information content (AvgIpc) is 3.14. The summed E-state index contributed by atoms with van der Waals surface area (Å²) in [5.41, 5.74) is 6.50. The van der Waals surface area contributed by atoms with E-state index >= 15 is 0 Å². The van der Waals surface area contributed by atoms with Crippen molar-refractivity contribution in [1.82, 2.24) is 9.97 Å². The van der Waals surface area contributed by atoms with Gasteiger partial charge >= 0.3 is 0 Å². The third-order valence-electron chi connectivity index (χ3n) is 3.17. The third kappa shape index (κ3) is 3.18. The summed E-state index contributed by atoms with van der Waals surface area (Å²) in [5.74, 6) is 1.61. The average molecular weight is 247 g/mol. The van der Waals surface area contributed by atoms with Crippen molar-refractivity contribution in [3.8, 4) is 0 Å². The maximum absolute atomic E-state index is 7.34. The minimum absolute atomic E-state index is 0.235. The lowest BCUT2D eigenvalue weighted by Gasteiger charge is -2.23. The zero-order chi connectivity index (χ0) is 13.1. The first kappa shape index (κ1) is 12.8. The zero-order valence-corrected chi connectivity index (χ0v) is 11.1. The van der Waals surface area contributed by atoms with Gasteiger partial charge in [-0.2, -0.15) is 0 Å². The van der Waals surface area contributed by atoms with Crippen molar-refractivity contribution in [2.45, 2.75) is 45.1 Å². The highest BCUT2D eigenvalue weighted by Gasteiger charge is 2.30. The lowest BCUT2D eigenvalue weighted by molar-refractivity contribution is 0.762. The maximum Gasteiger partial charge on any atom is 0.132 e. The molecule has 0 unspecified atom stereocenters. The van der Waals surface area contributed by atoms with Crippen LogP contribution in [0.1, 0.15) is 44.7 Å². The van der Waals surface area contributed by atoms with Gasteiger partial charge in [-0.15, -0.1) is 0 Å². The van der Waals surface area contributed by atoms with Crippen molar-refractivity contribution < 1.29 is 0 Å². The molecule has 1 aromatic heterocycles. The molecule has 0 amide bonds. The van der Waals surface area contributed by atoms with Crippen LogP contribution in [0.2, 0.25) is 0 Å². The van der Waals surface area contributed by atoms with Crippen LogP contribution in [0.25, 0.3) is 0 Å². The van der Waals surface area contributed by atoms with Crippen LogP contribution in [0, 0.1) is 5.41 Å². The summed E-state index contributed by atoms with van der Waals surface area (Å²) in [4.78, 5) is 10.9. The van der Waals surface area contributed by atoms with Gasteiger partial charge in [-0.3, -0.25) is 5.41 Å². The molecule has 0 bridgehead atoms. The van der Waals surface area contributed by atoms with Crippen molar-refractivity contribution in [3.05, 3.63) is 18.1 Å². The van der Waals surface area contributed by atoms with Crippen molar-refractivity contribution in [3.63, 3.8) is 0 Å². The molecule has 0 saturated heterocycles. The van der Waals surface area contributed by atoms with Crippen LogP contribution < -0.4 is 10.6 Å². The lowest BCUT2D eigenvalue weighted by atomic mass is 10.1. The van der Waals surface area contributed by atoms with Gasteiger partial charge < -0.3 is 10.6 Å². The Bertz CT molecular complexity index is 425. The van der Waals surface area contributed by atoms with Crippen LogP contribution >= 0.6 is 0 Å². The minimum atomic E-state index is 0.235. The molecule has 98 valence electrons. The van der Waals surface area contributed by atoms with E-state index < -0.39 is 0 Å². The van der Waals surface area contributed by atoms with E-state index in [1.165, 1.54) is 12.8 Å². The Morgan fingerprint density at radius 1 is 1.50 bits per heavy atom. The van der Waals surface area contributed by atoms with Crippen LogP contribution in [0.5, 0.6) is 0 Å². The second kappa shape index (κ2) is 5.33. The van der Waals surface area contributed by atoms with E-state index in [1.807, 2.05) is 0 Å². The van der Waals surface area contributed by atoms with E-state index in [4.69, 9.17) is 11.1 Å². The van der Waals surface area contributed by atoms with Gasteiger partial charge in [-0.05, 0) is 18.8 Å². The van der Waals surface area contributed by atoms with E-state index in [9.17, 15) is 0 Å². The predicted octanol–water partition coefficient (Wildman–Crippen LogP) is 1.89. The Hall–Kier alpha value is -1.65. The van der Waals surface area contributed by atoms with Crippen LogP contribution in [-0.2, 0) is 0 Å². The summed E-state index contributed by atoms with van der Waals surface area (Å²) in [6.45, 7) is 5.03. The molecule has 5 heteroatoms. The van der Waals surface area contributed by atoms with Crippen LogP contribution in [0.3, 0.4) is 0 Å². The summed E-state index contributed by atoms with van der Waals surface area (Å²) >= 11 is 0. The molecule has 1 heterocycles. The largest absolute Gasteiger partial charge is 0.388 e. The van der Waals surface area contributed by atoms with Crippen LogP contribution in [-0.4, -0.2) is 28.4 Å². The second-order valence-electron chi connectivity index (χ2n) is 5.16. The summed E-state index contributed by atoms with van der Waals surface area (Å²) in [6, 6.07) is 2.63. The SMILES string of the molecule is CC(C)c1cc(N(CCC(=N)N)C2CC2)ncn1. The summed E-state index contributed by atoms with van der Waals surface area (Å²) in [5, 5.41) is 7.34. The molecule has 3 N–H and O–H groups in total. The van der Waals surface area contributed by atoms with Crippen molar-refractivity contribution in [2.75, 3.05) is 11.4 Å². The molecule has 1 aromatic rings. The number of rotatable bonds is 6. The number of amidine groups is 1. The van der Waals surface area contributed by atoms with E-state index in [2.05, 4.69) is 34.8 Å². The Labute approximate surface area is 108 Å². The molecule has 0 aromatic carbocycles. The smallest absolute Gasteiger partial charge is 0.132 e. The minimum Gasteiger partial charge on any atom is -0.388 e. The molecule has 5 nitrogen and oxygen atoms in total. The number of hydrogen-bond acceptors (Lipinski definition) is 4. The molecule has 1 fully saturated rings. The van der Waals surface area contributed by atoms with Gasteiger partial charge in [0.05, 0.1) is 5.84 Å². The fraction of sp³-hybridized carbons (Fsp3) is 0.615. The van der Waals surface area contributed by atoms with E-state index in [1.54, 1.807) is 6.33 Å². The van der Waals surface area contributed by atoms with Gasteiger partial charge in [-0.1, -0.05) is 13.8 Å². The van der Waals surface area contributed by atoms with Crippen molar-refractivity contribution in [2.24, 2.45) is 5.73 Å². The van der Waals surface area contributed by atoms with Crippen molar-refractivity contribution in [1.29, 1.82) is 5.41 Å². The molecule has 0 aliphatic heterocycles. The zero-order valence-electron chi connectivity index (χ0n) is 11.1. The van der Waals surface area contributed by atoms with E-state index in [0.717, 1.165) is 18.1 Å². The number of nitrogens with zero attached hydrogens (tertiary/aromatic N) is 3. The summed E-state index contributed by atoms with van der Waals surface area (Å²) in [6.07, 6.45) is 4.64. The third-order valence-corrected chi connectivity index (χ3v) is 3.17. The monoisotopic (exact) mass is 247 g/mol. The number of anilines is 1. The Morgan fingerprint density at radius 3 is 2.78 bits per heavy atom. The molecule has 18 heavy (non-hydrogen) atoms. The molecule has 0 spiro atoms. The Morgan fingerprint density at radius 2 is 2.22 bits per heavy atom. The molecular formula is C13H21N5. The molecular weight excluding hydrogens is 226 g/mol. The highest BCUT2D eigenvalue weighted by molar-refractivity contribution is 5.77. The number of aromatic nitrogens is 2. The molecule has 2 rings (SSSR count). The molecule has 1 saturated carbocycles. The molecule has 0 radical (unpaired) electrons. The fourth-order valence-electron chi connectivity index (χ4n) is 1.95. The topological polar surface area (TPSA) is 78.9 Å². The first-order chi connectivity index (χ1) is 8.58. The highest BCUT2D eigenvalue weighted by atomic mass is 15.2. The molecule has 1 aliphatic carbocycles. The van der Waals surface area contributed by atoms with E-state index in [0.29, 0.717) is 18.4 Å². The van der Waals surface area contributed by atoms with Crippen molar-refractivity contribution >= 4 is 11.7 Å². The summed E-state index contributed by atoms with van der Waals surface area (Å²) < 4.78 is 0. The first-order valence-electron chi connectivity index (χ1n) is 6.49. The maximum atomic E-state index is 7.34. The predicted molar refractivity (Wildman–Crippen MR) is 73.0 cm³/mol. The number of hydrogen-bond donors (Lipinski definition) is 2. The van der Waals surface area contributed by atoms with Gasteiger partial charge in [0.1, 0.15) is 12.1 Å². The second-order valence-corrected chi connectivity index (χ2v) is 5.16. The fourth-order valence-corrected chi connectivity index (χ4v) is 1.95. The van der Waals surface area contributed by atoms with Gasteiger partial charge in [0.25, 0.3) is 0 Å². The Kier molecular flexibility index (Phi) is 3.79. The normalized spacial score (nSPS) is 14.8.